The van der Waals surface area contributed by atoms with Crippen LogP contribution in [0.15, 0.2) is 72.8 Å². The van der Waals surface area contributed by atoms with E-state index >= 15 is 0 Å². The molecule has 6 aromatic rings. The molecule has 6 nitrogen and oxygen atoms in total. The first-order chi connectivity index (χ1) is 18.9. The van der Waals surface area contributed by atoms with E-state index in [9.17, 15) is 0 Å². The Bertz CT molecular complexity index is 1540. The fraction of sp³-hybridized carbons (Fsp3) is 0.364. The van der Waals surface area contributed by atoms with E-state index in [2.05, 4.69) is 142 Å². The van der Waals surface area contributed by atoms with Gasteiger partial charge in [0.25, 0.3) is 17.5 Å². The van der Waals surface area contributed by atoms with Crippen LogP contribution in [0.25, 0.3) is 33.1 Å². The fourth-order valence-electron chi connectivity index (χ4n) is 8.10. The molecule has 0 spiro atoms. The maximum Gasteiger partial charge on any atom is 0.260 e. The molecule has 0 N–H and O–H groups in total. The van der Waals surface area contributed by atoms with Crippen molar-refractivity contribution in [2.75, 3.05) is 0 Å². The average molecular weight is 520 g/mol. The standard InChI is InChI=1S/C33H39N6/c1-34-25-13-7-8-14-26(25)35(2)31(34)22-19-23(32-36(3)27-15-9-10-16-28(27)37(32)4)21-24(20-22)33-38(5)29-17-11-12-18-30(29)39(33)6/h7-18,22-24H,19-21H2,1-6H3/q+3. The molecule has 39 heavy (non-hydrogen) atoms. The van der Waals surface area contributed by atoms with Gasteiger partial charge in [0.2, 0.25) is 0 Å². The Morgan fingerprint density at radius 2 is 0.718 bits per heavy atom. The average Bonchev–Trinajstić information content (AvgIpc) is 3.48. The smallest absolute Gasteiger partial charge is 0.230 e. The Morgan fingerprint density at radius 1 is 0.462 bits per heavy atom. The summed E-state index contributed by atoms with van der Waals surface area (Å²) in [5.74, 6) is 5.59. The molecular weight excluding hydrogens is 480 g/mol. The summed E-state index contributed by atoms with van der Waals surface area (Å²) in [4.78, 5) is 0. The maximum absolute atomic E-state index is 2.45. The molecule has 3 aromatic heterocycles. The molecule has 1 aliphatic carbocycles. The van der Waals surface area contributed by atoms with Gasteiger partial charge in [0.1, 0.15) is 0 Å². The first-order valence-electron chi connectivity index (χ1n) is 14.2. The molecule has 0 bridgehead atoms. The highest BCUT2D eigenvalue weighted by molar-refractivity contribution is 5.73. The van der Waals surface area contributed by atoms with Crippen LogP contribution in [0.3, 0.4) is 0 Å². The van der Waals surface area contributed by atoms with Crippen LogP contribution in [0.4, 0.5) is 0 Å². The molecule has 0 unspecified atom stereocenters. The third kappa shape index (κ3) is 3.43. The van der Waals surface area contributed by atoms with Crippen LogP contribution in [0.5, 0.6) is 0 Å². The van der Waals surface area contributed by atoms with Crippen molar-refractivity contribution in [1.29, 1.82) is 0 Å². The van der Waals surface area contributed by atoms with Gasteiger partial charge in [-0.2, -0.15) is 0 Å². The third-order valence-corrected chi connectivity index (χ3v) is 9.68. The minimum Gasteiger partial charge on any atom is -0.230 e. The molecule has 1 fully saturated rings. The molecule has 7 rings (SSSR count). The number of rotatable bonds is 3. The number of hydrogen-bond donors (Lipinski definition) is 0. The van der Waals surface area contributed by atoms with Gasteiger partial charge in [0, 0.05) is 0 Å². The zero-order valence-electron chi connectivity index (χ0n) is 24.0. The molecule has 198 valence electrons. The van der Waals surface area contributed by atoms with Gasteiger partial charge in [-0.05, 0) is 55.7 Å². The SMILES string of the molecule is Cn1c(C2CC(c3n(C)c4ccccc4[n+]3C)CC(c3n(C)c4ccccc4[n+]3C)C2)[n+](C)c2ccccc21. The lowest BCUT2D eigenvalue weighted by atomic mass is 9.73. The number of nitrogens with zero attached hydrogens (tertiary/aromatic N) is 6. The lowest BCUT2D eigenvalue weighted by Gasteiger charge is -2.30. The monoisotopic (exact) mass is 519 g/mol. The second-order valence-electron chi connectivity index (χ2n) is 11.7. The first kappa shape index (κ1) is 24.1. The fourth-order valence-corrected chi connectivity index (χ4v) is 8.10. The summed E-state index contributed by atoms with van der Waals surface area (Å²) in [5, 5.41) is 0. The van der Waals surface area contributed by atoms with E-state index in [0.29, 0.717) is 17.8 Å². The summed E-state index contributed by atoms with van der Waals surface area (Å²) >= 11 is 0. The summed E-state index contributed by atoms with van der Waals surface area (Å²) < 4.78 is 14.7. The highest BCUT2D eigenvalue weighted by Crippen LogP contribution is 2.47. The Morgan fingerprint density at radius 3 is 0.974 bits per heavy atom. The van der Waals surface area contributed by atoms with Crippen LogP contribution in [-0.2, 0) is 42.3 Å². The zero-order valence-corrected chi connectivity index (χ0v) is 24.0. The summed E-state index contributed by atoms with van der Waals surface area (Å²) in [6.45, 7) is 0. The Kier molecular flexibility index (Phi) is 5.45. The normalized spacial score (nSPS) is 20.0. The number of hydrogen-bond acceptors (Lipinski definition) is 0. The van der Waals surface area contributed by atoms with Crippen LogP contribution < -0.4 is 13.7 Å². The summed E-state index contributed by atoms with van der Waals surface area (Å²) in [6, 6.07) is 26.5. The van der Waals surface area contributed by atoms with Gasteiger partial charge in [-0.15, -0.1) is 0 Å². The van der Waals surface area contributed by atoms with Gasteiger partial charge < -0.3 is 0 Å². The largest absolute Gasteiger partial charge is 0.260 e. The maximum atomic E-state index is 2.45. The van der Waals surface area contributed by atoms with Crippen LogP contribution in [0.2, 0.25) is 0 Å². The van der Waals surface area contributed by atoms with Gasteiger partial charge in [0.15, 0.2) is 33.1 Å². The van der Waals surface area contributed by atoms with E-state index in [1.165, 1.54) is 50.6 Å². The van der Waals surface area contributed by atoms with E-state index in [4.69, 9.17) is 0 Å². The second-order valence-corrected chi connectivity index (χ2v) is 11.7. The molecule has 3 heterocycles. The Balaban J connectivity index is 1.42. The topological polar surface area (TPSA) is 26.4 Å². The van der Waals surface area contributed by atoms with Crippen LogP contribution in [0.1, 0.15) is 54.5 Å². The van der Waals surface area contributed by atoms with Crippen molar-refractivity contribution in [3.8, 4) is 0 Å². The van der Waals surface area contributed by atoms with Crippen LogP contribution in [-0.4, -0.2) is 13.7 Å². The number of aryl methyl sites for hydroxylation is 6. The van der Waals surface area contributed by atoms with Crippen LogP contribution in [0, 0.1) is 0 Å². The molecule has 0 saturated heterocycles. The molecular formula is C33H39N6+3. The molecule has 1 saturated carbocycles. The Hall–Kier alpha value is -3.93. The van der Waals surface area contributed by atoms with Crippen molar-refractivity contribution >= 4 is 33.1 Å². The lowest BCUT2D eigenvalue weighted by molar-refractivity contribution is -0.660. The third-order valence-electron chi connectivity index (χ3n) is 9.68. The first-order valence-corrected chi connectivity index (χ1v) is 14.2. The summed E-state index contributed by atoms with van der Waals surface area (Å²) in [7, 11) is 13.5. The highest BCUT2D eigenvalue weighted by Gasteiger charge is 2.45. The predicted molar refractivity (Wildman–Crippen MR) is 154 cm³/mol. The van der Waals surface area contributed by atoms with E-state index in [1.807, 2.05) is 0 Å². The van der Waals surface area contributed by atoms with E-state index in [1.54, 1.807) is 0 Å². The van der Waals surface area contributed by atoms with Gasteiger partial charge in [-0.1, -0.05) is 36.4 Å². The van der Waals surface area contributed by atoms with E-state index in [-0.39, 0.29) is 0 Å². The minimum absolute atomic E-state index is 0.437. The van der Waals surface area contributed by atoms with Crippen LogP contribution >= 0.6 is 0 Å². The predicted octanol–water partition coefficient (Wildman–Crippen LogP) is 4.47. The number of fused-ring (bicyclic) bond motifs is 3. The zero-order chi connectivity index (χ0) is 27.0. The van der Waals surface area contributed by atoms with Crippen molar-refractivity contribution in [2.24, 2.45) is 42.3 Å². The quantitative estimate of drug-likeness (QED) is 0.309. The highest BCUT2D eigenvalue weighted by atomic mass is 15.2. The van der Waals surface area contributed by atoms with Crippen molar-refractivity contribution in [3.05, 3.63) is 90.3 Å². The molecule has 0 atom stereocenters. The number of benzene rings is 3. The molecule has 1 aliphatic rings. The summed E-state index contributed by atoms with van der Waals surface area (Å²) in [5.41, 5.74) is 7.83. The lowest BCUT2D eigenvalue weighted by Crippen LogP contribution is -2.42. The van der Waals surface area contributed by atoms with E-state index < -0.39 is 0 Å². The van der Waals surface area contributed by atoms with Crippen molar-refractivity contribution in [3.63, 3.8) is 0 Å². The summed E-state index contributed by atoms with van der Waals surface area (Å²) in [6.07, 6.45) is 3.42. The number of aromatic nitrogens is 6. The Labute approximate surface area is 230 Å². The van der Waals surface area contributed by atoms with Gasteiger partial charge in [-0.3, -0.25) is 0 Å². The molecule has 0 amide bonds. The van der Waals surface area contributed by atoms with Gasteiger partial charge >= 0.3 is 0 Å². The molecule has 0 radical (unpaired) electrons. The van der Waals surface area contributed by atoms with E-state index in [0.717, 1.165) is 19.3 Å². The minimum atomic E-state index is 0.437. The van der Waals surface area contributed by atoms with Crippen molar-refractivity contribution < 1.29 is 13.7 Å². The molecule has 6 heteroatoms. The van der Waals surface area contributed by atoms with Gasteiger partial charge in [0.05, 0.1) is 60.0 Å². The number of imidazole rings is 3. The second kappa shape index (κ2) is 8.80. The molecule has 3 aromatic carbocycles. The molecule has 0 aliphatic heterocycles. The number of para-hydroxylation sites is 6. The van der Waals surface area contributed by atoms with Crippen molar-refractivity contribution in [2.45, 2.75) is 37.0 Å². The van der Waals surface area contributed by atoms with Gasteiger partial charge in [-0.25, -0.2) is 27.4 Å². The van der Waals surface area contributed by atoms with Crippen molar-refractivity contribution in [1.82, 2.24) is 13.7 Å².